The maximum absolute atomic E-state index is 6.12. The summed E-state index contributed by atoms with van der Waals surface area (Å²) in [5.41, 5.74) is 3.50. The summed E-state index contributed by atoms with van der Waals surface area (Å²) in [5, 5.41) is 0. The molecule has 0 radical (unpaired) electrons. The molecule has 20 heavy (non-hydrogen) atoms. The highest BCUT2D eigenvalue weighted by Crippen LogP contribution is 2.32. The summed E-state index contributed by atoms with van der Waals surface area (Å²) in [5.74, 6) is 0.764. The highest BCUT2D eigenvalue weighted by Gasteiger charge is 2.31. The summed E-state index contributed by atoms with van der Waals surface area (Å²) < 4.78 is 7.07. The largest absolute Gasteiger partial charge is 0.467 e. The predicted octanol–water partition coefficient (Wildman–Crippen LogP) is 4.32. The molecule has 0 fully saturated rings. The van der Waals surface area contributed by atoms with E-state index in [2.05, 4.69) is 65.9 Å². The van der Waals surface area contributed by atoms with E-state index in [1.807, 2.05) is 18.2 Å². The maximum atomic E-state index is 6.12. The Hall–Kier alpha value is -1.36. The van der Waals surface area contributed by atoms with Crippen LogP contribution in [-0.4, -0.2) is 16.4 Å². The van der Waals surface area contributed by atoms with Crippen LogP contribution >= 0.6 is 22.6 Å². The maximum Gasteiger partial charge on any atom is 0.217 e. The molecular weight excluding hydrogens is 361 g/mol. The van der Waals surface area contributed by atoms with Gasteiger partial charge in [0.05, 0.1) is 0 Å². The van der Waals surface area contributed by atoms with Gasteiger partial charge in [0, 0.05) is 9.99 Å². The summed E-state index contributed by atoms with van der Waals surface area (Å²) in [6.07, 6.45) is 0.0319. The Kier molecular flexibility index (Phi) is 4.05. The molecule has 0 spiro atoms. The van der Waals surface area contributed by atoms with Crippen LogP contribution in [0.2, 0.25) is 0 Å². The number of hydrogen-bond acceptors (Lipinski definition) is 2. The second-order valence-corrected chi connectivity index (χ2v) is 5.85. The van der Waals surface area contributed by atoms with E-state index in [4.69, 9.17) is 9.73 Å². The number of hydrogen-bond donors (Lipinski definition) is 0. The second kappa shape index (κ2) is 5.95. The van der Waals surface area contributed by atoms with Crippen LogP contribution in [0.3, 0.4) is 0 Å². The minimum atomic E-state index is 0.0319. The van der Waals surface area contributed by atoms with Gasteiger partial charge >= 0.3 is 0 Å². The van der Waals surface area contributed by atoms with Gasteiger partial charge in [-0.2, -0.15) is 0 Å². The van der Waals surface area contributed by atoms with Crippen LogP contribution in [0.15, 0.2) is 59.6 Å². The molecule has 0 saturated heterocycles. The van der Waals surface area contributed by atoms with Gasteiger partial charge in [-0.05, 0) is 24.6 Å². The fourth-order valence-corrected chi connectivity index (χ4v) is 2.99. The monoisotopic (exact) mass is 377 g/mol. The van der Waals surface area contributed by atoms with Crippen LogP contribution in [0, 0.1) is 6.92 Å². The molecule has 2 aromatic carbocycles. The first-order valence-corrected chi connectivity index (χ1v) is 8.23. The molecule has 0 aliphatic carbocycles. The van der Waals surface area contributed by atoms with E-state index in [0.29, 0.717) is 0 Å². The lowest BCUT2D eigenvalue weighted by Gasteiger charge is -2.16. The third-order valence-electron chi connectivity index (χ3n) is 3.46. The van der Waals surface area contributed by atoms with Gasteiger partial charge in [0.1, 0.15) is 12.1 Å². The lowest BCUT2D eigenvalue weighted by molar-refractivity contribution is 0.205. The molecule has 0 amide bonds. The van der Waals surface area contributed by atoms with Crippen molar-refractivity contribution in [2.24, 2.45) is 4.99 Å². The molecule has 2 aromatic rings. The number of aryl methyl sites for hydroxylation is 1. The average Bonchev–Trinajstić information content (AvgIpc) is 2.93. The third kappa shape index (κ3) is 2.73. The molecule has 2 atom stereocenters. The van der Waals surface area contributed by atoms with Crippen molar-refractivity contribution in [3.05, 3.63) is 71.3 Å². The first-order valence-electron chi connectivity index (χ1n) is 6.70. The lowest BCUT2D eigenvalue weighted by Crippen LogP contribution is -2.15. The van der Waals surface area contributed by atoms with Crippen molar-refractivity contribution in [3.63, 3.8) is 0 Å². The molecule has 2 nitrogen and oxygen atoms in total. The second-order valence-electron chi connectivity index (χ2n) is 4.97. The van der Waals surface area contributed by atoms with Crippen LogP contribution in [-0.2, 0) is 4.74 Å². The molecule has 3 rings (SSSR count). The Balaban J connectivity index is 1.87. The van der Waals surface area contributed by atoms with Gasteiger partial charge in [0.2, 0.25) is 5.90 Å². The quantitative estimate of drug-likeness (QED) is 0.577. The van der Waals surface area contributed by atoms with Gasteiger partial charge in [-0.25, -0.2) is 4.99 Å². The van der Waals surface area contributed by atoms with E-state index in [9.17, 15) is 0 Å². The van der Waals surface area contributed by atoms with Crippen LogP contribution in [0.4, 0.5) is 0 Å². The van der Waals surface area contributed by atoms with E-state index in [1.165, 1.54) is 11.1 Å². The molecule has 1 heterocycles. The molecule has 1 aliphatic rings. The summed E-state index contributed by atoms with van der Waals surface area (Å²) in [7, 11) is 0. The molecule has 102 valence electrons. The number of aliphatic imine (C=N–C) groups is 1. The minimum absolute atomic E-state index is 0.0319. The van der Waals surface area contributed by atoms with Crippen molar-refractivity contribution >= 4 is 28.5 Å². The molecule has 0 N–H and O–H groups in total. The number of ether oxygens (including phenoxy) is 1. The smallest absolute Gasteiger partial charge is 0.217 e. The van der Waals surface area contributed by atoms with E-state index in [1.54, 1.807) is 0 Å². The number of halogens is 1. The zero-order valence-electron chi connectivity index (χ0n) is 11.3. The molecular formula is C17H16INO. The van der Waals surface area contributed by atoms with Crippen LogP contribution in [0.25, 0.3) is 0 Å². The standard InChI is InChI=1S/C17H16INO/c1-12-7-9-14(10-8-12)17-19-15(11-18)16(20-17)13-5-3-2-4-6-13/h2-10,15-16H,11H2,1H3. The van der Waals surface area contributed by atoms with Crippen molar-refractivity contribution in [2.75, 3.05) is 4.43 Å². The van der Waals surface area contributed by atoms with Crippen molar-refractivity contribution in [1.82, 2.24) is 0 Å². The Morgan fingerprint density at radius 3 is 2.40 bits per heavy atom. The van der Waals surface area contributed by atoms with Crippen molar-refractivity contribution in [3.8, 4) is 0 Å². The topological polar surface area (TPSA) is 21.6 Å². The summed E-state index contributed by atoms with van der Waals surface area (Å²) in [6, 6.07) is 18.9. The molecule has 2 unspecified atom stereocenters. The van der Waals surface area contributed by atoms with E-state index < -0.39 is 0 Å². The molecule has 3 heteroatoms. The average molecular weight is 377 g/mol. The Bertz CT molecular complexity index is 607. The number of benzene rings is 2. The zero-order valence-corrected chi connectivity index (χ0v) is 13.4. The molecule has 0 bridgehead atoms. The minimum Gasteiger partial charge on any atom is -0.467 e. The molecule has 1 aliphatic heterocycles. The highest BCUT2D eigenvalue weighted by atomic mass is 127. The van der Waals surface area contributed by atoms with E-state index in [-0.39, 0.29) is 12.1 Å². The molecule has 0 aromatic heterocycles. The first kappa shape index (κ1) is 13.6. The number of alkyl halides is 1. The van der Waals surface area contributed by atoms with Crippen molar-refractivity contribution in [1.29, 1.82) is 0 Å². The van der Waals surface area contributed by atoms with Gasteiger partial charge < -0.3 is 4.74 Å². The van der Waals surface area contributed by atoms with Crippen molar-refractivity contribution < 1.29 is 4.74 Å². The Morgan fingerprint density at radius 1 is 1.05 bits per heavy atom. The van der Waals surface area contributed by atoms with E-state index >= 15 is 0 Å². The Morgan fingerprint density at radius 2 is 1.75 bits per heavy atom. The number of rotatable bonds is 3. The normalized spacial score (nSPS) is 21.4. The fraction of sp³-hybridized carbons (Fsp3) is 0.235. The summed E-state index contributed by atoms with van der Waals surface area (Å²) in [6.45, 7) is 2.08. The predicted molar refractivity (Wildman–Crippen MR) is 90.7 cm³/mol. The van der Waals surface area contributed by atoms with Crippen LogP contribution < -0.4 is 0 Å². The fourth-order valence-electron chi connectivity index (χ4n) is 2.33. The lowest BCUT2D eigenvalue weighted by atomic mass is 10.0. The van der Waals surface area contributed by atoms with Crippen LogP contribution in [0.1, 0.15) is 22.8 Å². The van der Waals surface area contributed by atoms with Gasteiger partial charge in [-0.3, -0.25) is 0 Å². The van der Waals surface area contributed by atoms with E-state index in [0.717, 1.165) is 15.9 Å². The third-order valence-corrected chi connectivity index (χ3v) is 4.36. The van der Waals surface area contributed by atoms with Crippen molar-refractivity contribution in [2.45, 2.75) is 19.1 Å². The SMILES string of the molecule is Cc1ccc(C2=NC(CI)C(c3ccccc3)O2)cc1. The van der Waals surface area contributed by atoms with Crippen LogP contribution in [0.5, 0.6) is 0 Å². The van der Waals surface area contributed by atoms with Gasteiger partial charge in [0.25, 0.3) is 0 Å². The highest BCUT2D eigenvalue weighted by molar-refractivity contribution is 14.1. The zero-order chi connectivity index (χ0) is 13.9. The van der Waals surface area contributed by atoms with Gasteiger partial charge in [-0.15, -0.1) is 0 Å². The number of nitrogens with zero attached hydrogens (tertiary/aromatic N) is 1. The summed E-state index contributed by atoms with van der Waals surface area (Å²) >= 11 is 2.38. The summed E-state index contributed by atoms with van der Waals surface area (Å²) in [4.78, 5) is 4.75. The van der Waals surface area contributed by atoms with Gasteiger partial charge in [-0.1, -0.05) is 70.6 Å². The first-order chi connectivity index (χ1) is 9.78. The Labute approximate surface area is 133 Å². The molecule has 0 saturated carbocycles. The van der Waals surface area contributed by atoms with Gasteiger partial charge in [0.15, 0.2) is 0 Å².